The van der Waals surface area contributed by atoms with E-state index < -0.39 is 18.6 Å². The number of carbonyl (C=O) groups is 1. The molecule has 1 aliphatic heterocycles. The highest BCUT2D eigenvalue weighted by Crippen LogP contribution is 2.24. The van der Waals surface area contributed by atoms with Gasteiger partial charge in [-0.1, -0.05) is 0 Å². The summed E-state index contributed by atoms with van der Waals surface area (Å²) in [6, 6.07) is 0.123. The fraction of sp³-hybridized carbons (Fsp3) is 0.923. The normalized spacial score (nSPS) is 20.0. The minimum atomic E-state index is -4.07. The van der Waals surface area contributed by atoms with Crippen molar-refractivity contribution in [2.75, 3.05) is 19.7 Å². The molecule has 1 rings (SSSR count). The molecule has 118 valence electrons. The number of carboxylic acid groups (broad SMARTS) is 1. The lowest BCUT2D eigenvalue weighted by Crippen LogP contribution is -2.42. The molecule has 0 saturated carbocycles. The lowest BCUT2D eigenvalue weighted by Gasteiger charge is -2.35. The molecule has 1 fully saturated rings. The van der Waals surface area contributed by atoms with Crippen LogP contribution in [0.2, 0.25) is 0 Å². The molecule has 0 aromatic carbocycles. The maximum atomic E-state index is 12.1. The highest BCUT2D eigenvalue weighted by Gasteiger charge is 2.28. The first-order valence-electron chi connectivity index (χ1n) is 6.92. The molecule has 1 heterocycles. The Morgan fingerprint density at radius 1 is 1.40 bits per heavy atom. The molecule has 20 heavy (non-hydrogen) atoms. The van der Waals surface area contributed by atoms with Gasteiger partial charge >= 0.3 is 12.1 Å². The molecule has 0 bridgehead atoms. The van der Waals surface area contributed by atoms with Gasteiger partial charge in [0.1, 0.15) is 6.61 Å². The van der Waals surface area contributed by atoms with Crippen LogP contribution in [0.15, 0.2) is 0 Å². The van der Waals surface area contributed by atoms with Crippen molar-refractivity contribution in [1.29, 1.82) is 0 Å². The zero-order valence-electron chi connectivity index (χ0n) is 11.7. The highest BCUT2D eigenvalue weighted by atomic mass is 19.4. The molecule has 4 nitrogen and oxygen atoms in total. The summed E-state index contributed by atoms with van der Waals surface area (Å²) in [4.78, 5) is 12.5. The van der Waals surface area contributed by atoms with Crippen molar-refractivity contribution in [2.45, 2.75) is 57.3 Å². The van der Waals surface area contributed by atoms with E-state index in [0.717, 1.165) is 25.9 Å². The summed E-state index contributed by atoms with van der Waals surface area (Å²) in [5.74, 6) is -0.979. The number of hydrogen-bond donors (Lipinski definition) is 1. The summed E-state index contributed by atoms with van der Waals surface area (Å²) in [6.07, 6.45) is -2.70. The molecular weight excluding hydrogens is 275 g/mol. The number of likely N-dealkylation sites (tertiary alicyclic amines) is 1. The maximum Gasteiger partial charge on any atom is 0.389 e. The molecule has 1 aliphatic rings. The summed E-state index contributed by atoms with van der Waals surface area (Å²) in [6.45, 7) is 3.15. The quantitative estimate of drug-likeness (QED) is 0.785. The van der Waals surface area contributed by atoms with E-state index in [0.29, 0.717) is 6.42 Å². The first-order valence-corrected chi connectivity index (χ1v) is 6.92. The number of hydrogen-bond acceptors (Lipinski definition) is 3. The van der Waals surface area contributed by atoms with Gasteiger partial charge in [0.2, 0.25) is 0 Å². The molecule has 1 saturated heterocycles. The van der Waals surface area contributed by atoms with Gasteiger partial charge in [-0.25, -0.2) is 4.79 Å². The number of halogens is 3. The minimum Gasteiger partial charge on any atom is -0.480 e. The van der Waals surface area contributed by atoms with Crippen molar-refractivity contribution in [2.24, 2.45) is 0 Å². The van der Waals surface area contributed by atoms with Crippen molar-refractivity contribution in [3.8, 4) is 0 Å². The summed E-state index contributed by atoms with van der Waals surface area (Å²) in [5, 5.41) is 8.52. The zero-order chi connectivity index (χ0) is 15.2. The first-order chi connectivity index (χ1) is 9.28. The van der Waals surface area contributed by atoms with Crippen LogP contribution in [0.3, 0.4) is 0 Å². The molecule has 7 heteroatoms. The number of carboxylic acids is 1. The van der Waals surface area contributed by atoms with Gasteiger partial charge in [0.15, 0.2) is 0 Å². The third kappa shape index (κ3) is 7.09. The van der Waals surface area contributed by atoms with E-state index in [1.807, 2.05) is 6.92 Å². The van der Waals surface area contributed by atoms with E-state index in [-0.39, 0.29) is 25.2 Å². The smallest absolute Gasteiger partial charge is 0.389 e. The minimum absolute atomic E-state index is 0.0512. The van der Waals surface area contributed by atoms with Crippen molar-refractivity contribution in [3.05, 3.63) is 0 Å². The Morgan fingerprint density at radius 2 is 2.00 bits per heavy atom. The Bertz CT molecular complexity index is 302. The molecule has 0 aromatic rings. The summed E-state index contributed by atoms with van der Waals surface area (Å²) < 4.78 is 41.4. The second-order valence-corrected chi connectivity index (χ2v) is 5.30. The van der Waals surface area contributed by atoms with Gasteiger partial charge in [-0.3, -0.25) is 0 Å². The lowest BCUT2D eigenvalue weighted by molar-refractivity contribution is -0.145. The highest BCUT2D eigenvalue weighted by molar-refractivity contribution is 5.68. The van der Waals surface area contributed by atoms with Crippen LogP contribution in [0.4, 0.5) is 13.2 Å². The van der Waals surface area contributed by atoms with Gasteiger partial charge in [0, 0.05) is 25.6 Å². The van der Waals surface area contributed by atoms with Crippen LogP contribution >= 0.6 is 0 Å². The van der Waals surface area contributed by atoms with Crippen LogP contribution < -0.4 is 0 Å². The summed E-state index contributed by atoms with van der Waals surface area (Å²) in [5.41, 5.74) is 0. The summed E-state index contributed by atoms with van der Waals surface area (Å²) >= 11 is 0. The van der Waals surface area contributed by atoms with Crippen LogP contribution in [0.25, 0.3) is 0 Å². The van der Waals surface area contributed by atoms with Crippen molar-refractivity contribution in [3.63, 3.8) is 0 Å². The topological polar surface area (TPSA) is 49.8 Å². The second kappa shape index (κ2) is 7.83. The van der Waals surface area contributed by atoms with Gasteiger partial charge in [0.25, 0.3) is 0 Å². The third-order valence-electron chi connectivity index (χ3n) is 3.62. The second-order valence-electron chi connectivity index (χ2n) is 5.30. The van der Waals surface area contributed by atoms with Crippen LogP contribution in [0.5, 0.6) is 0 Å². The van der Waals surface area contributed by atoms with Crippen LogP contribution in [0.1, 0.15) is 39.0 Å². The Morgan fingerprint density at radius 3 is 2.50 bits per heavy atom. The predicted octanol–water partition coefficient (Wildman–Crippen LogP) is 2.67. The Labute approximate surface area is 116 Å². The fourth-order valence-electron chi connectivity index (χ4n) is 2.45. The number of piperidine rings is 1. The largest absolute Gasteiger partial charge is 0.480 e. The van der Waals surface area contributed by atoms with Crippen molar-refractivity contribution < 1.29 is 27.8 Å². The number of ether oxygens (including phenoxy) is 1. The molecule has 1 atom stereocenters. The SMILES string of the molecule is CC(CCCC(F)(F)F)N1CCC(OCC(=O)O)CC1. The number of nitrogens with zero attached hydrogens (tertiary/aromatic N) is 1. The Balaban J connectivity index is 2.18. The molecule has 0 spiro atoms. The molecule has 1 unspecified atom stereocenters. The maximum absolute atomic E-state index is 12.1. The Hall–Kier alpha value is -0.820. The van der Waals surface area contributed by atoms with E-state index in [1.54, 1.807) is 0 Å². The molecule has 1 N–H and O–H groups in total. The van der Waals surface area contributed by atoms with Crippen LogP contribution in [-0.2, 0) is 9.53 Å². The van der Waals surface area contributed by atoms with Gasteiger partial charge in [0.05, 0.1) is 6.10 Å². The fourth-order valence-corrected chi connectivity index (χ4v) is 2.45. The molecule has 0 aliphatic carbocycles. The molecule has 0 aromatic heterocycles. The van der Waals surface area contributed by atoms with Crippen molar-refractivity contribution in [1.82, 2.24) is 4.90 Å². The van der Waals surface area contributed by atoms with E-state index in [1.165, 1.54) is 0 Å². The molecular formula is C13H22F3NO3. The van der Waals surface area contributed by atoms with Gasteiger partial charge in [-0.15, -0.1) is 0 Å². The number of alkyl halides is 3. The van der Waals surface area contributed by atoms with Gasteiger partial charge in [-0.2, -0.15) is 13.2 Å². The van der Waals surface area contributed by atoms with Crippen LogP contribution in [-0.4, -0.2) is 54.0 Å². The predicted molar refractivity (Wildman–Crippen MR) is 67.6 cm³/mol. The molecule has 0 amide bonds. The lowest BCUT2D eigenvalue weighted by atomic mass is 10.0. The monoisotopic (exact) mass is 297 g/mol. The van der Waals surface area contributed by atoms with E-state index in [9.17, 15) is 18.0 Å². The van der Waals surface area contributed by atoms with E-state index in [4.69, 9.17) is 9.84 Å². The first kappa shape index (κ1) is 17.2. The summed E-state index contributed by atoms with van der Waals surface area (Å²) in [7, 11) is 0. The van der Waals surface area contributed by atoms with E-state index in [2.05, 4.69) is 4.90 Å². The average molecular weight is 297 g/mol. The zero-order valence-corrected chi connectivity index (χ0v) is 11.7. The van der Waals surface area contributed by atoms with E-state index >= 15 is 0 Å². The van der Waals surface area contributed by atoms with Crippen LogP contribution in [0, 0.1) is 0 Å². The average Bonchev–Trinajstić information content (AvgIpc) is 2.35. The molecule has 0 radical (unpaired) electrons. The number of aliphatic carboxylic acids is 1. The van der Waals surface area contributed by atoms with Gasteiger partial charge in [-0.05, 0) is 32.6 Å². The van der Waals surface area contributed by atoms with Crippen molar-refractivity contribution >= 4 is 5.97 Å². The Kier molecular flexibility index (Phi) is 6.75. The number of rotatable bonds is 7. The third-order valence-corrected chi connectivity index (χ3v) is 3.62. The van der Waals surface area contributed by atoms with Gasteiger partial charge < -0.3 is 14.7 Å². The standard InChI is InChI=1S/C13H22F3NO3/c1-10(3-2-6-13(14,15)16)17-7-4-11(5-8-17)20-9-12(18)19/h10-11H,2-9H2,1H3,(H,18,19).